The molecule has 1 fully saturated rings. The summed E-state index contributed by atoms with van der Waals surface area (Å²) in [5.74, 6) is -2.18. The number of ketones is 1. The van der Waals surface area contributed by atoms with E-state index in [2.05, 4.69) is 17.5 Å². The number of ether oxygens (including phenoxy) is 3. The van der Waals surface area contributed by atoms with Crippen LogP contribution in [0.3, 0.4) is 0 Å². The lowest BCUT2D eigenvalue weighted by atomic mass is 9.97. The maximum atomic E-state index is 12.7. The number of rotatable bonds is 12. The molecule has 0 radical (unpaired) electrons. The van der Waals surface area contributed by atoms with Crippen molar-refractivity contribution in [3.63, 3.8) is 0 Å². The first kappa shape index (κ1) is 28.2. The number of carbonyl (C=O) groups excluding carboxylic acids is 4. The average Bonchev–Trinajstić information content (AvgIpc) is 2.82. The number of carbonyl (C=O) groups is 4. The molecule has 0 amide bonds. The Kier molecular flexibility index (Phi) is 11.9. The fraction of sp³-hybridized carbons (Fsp3) is 0.583. The number of hydrogen-bond acceptors (Lipinski definition) is 10. The summed E-state index contributed by atoms with van der Waals surface area (Å²) in [6.07, 6.45) is 3.41. The molecule has 10 heteroatoms. The highest BCUT2D eigenvalue weighted by Crippen LogP contribution is 2.23. The molecule has 2 rings (SSSR count). The largest absolute Gasteiger partial charge is 0.464 e. The average molecular weight is 512 g/mol. The molecular weight excluding hydrogens is 478 g/mol. The standard InChI is InChI=1S/C24H33NO7S2/c1-24(2,33)20(26)15-19(22(28)30-14-13-25-11-7-4-8-12-25)16-34-23(29)32-17-31-21(27)18-9-5-3-6-10-18/h3,5-6,9-10,19,33H,4,7-8,11-17H2,1-2H3/t19-/m0/s1. The lowest BCUT2D eigenvalue weighted by molar-refractivity contribution is -0.149. The van der Waals surface area contributed by atoms with Crippen molar-refractivity contribution in [1.82, 2.24) is 4.90 Å². The van der Waals surface area contributed by atoms with E-state index < -0.39 is 34.7 Å². The molecule has 0 N–H and O–H groups in total. The van der Waals surface area contributed by atoms with Crippen molar-refractivity contribution in [3.05, 3.63) is 35.9 Å². The van der Waals surface area contributed by atoms with Crippen molar-refractivity contribution in [3.8, 4) is 0 Å². The molecule has 0 bridgehead atoms. The monoisotopic (exact) mass is 511 g/mol. The SMILES string of the molecule is CC(C)(S)C(=O)C[C@@H](CSC(=O)OCOC(=O)c1ccccc1)C(=O)OCCN1CCCCC1. The zero-order valence-corrected chi connectivity index (χ0v) is 21.4. The summed E-state index contributed by atoms with van der Waals surface area (Å²) in [7, 11) is 0. The van der Waals surface area contributed by atoms with E-state index in [1.165, 1.54) is 6.42 Å². The number of piperidine rings is 1. The highest BCUT2D eigenvalue weighted by atomic mass is 32.2. The lowest BCUT2D eigenvalue weighted by Gasteiger charge is -2.26. The van der Waals surface area contributed by atoms with Gasteiger partial charge in [0.15, 0.2) is 0 Å². The predicted octanol–water partition coefficient (Wildman–Crippen LogP) is 3.98. The lowest BCUT2D eigenvalue weighted by Crippen LogP contribution is -2.35. The van der Waals surface area contributed by atoms with Gasteiger partial charge in [0.1, 0.15) is 12.4 Å². The summed E-state index contributed by atoms with van der Waals surface area (Å²) in [5, 5.41) is -0.718. The van der Waals surface area contributed by atoms with Gasteiger partial charge in [-0.3, -0.25) is 14.5 Å². The van der Waals surface area contributed by atoms with Crippen molar-refractivity contribution >= 4 is 47.4 Å². The molecular formula is C24H33NO7S2. The molecule has 1 saturated heterocycles. The van der Waals surface area contributed by atoms with Crippen LogP contribution in [0.4, 0.5) is 4.79 Å². The van der Waals surface area contributed by atoms with Crippen molar-refractivity contribution < 1.29 is 33.4 Å². The number of esters is 2. The summed E-state index contributed by atoms with van der Waals surface area (Å²) < 4.78 is 14.3. The van der Waals surface area contributed by atoms with Gasteiger partial charge in [-0.25, -0.2) is 9.59 Å². The predicted molar refractivity (Wildman–Crippen MR) is 133 cm³/mol. The molecule has 0 aliphatic carbocycles. The Labute approximate surface area is 210 Å². The molecule has 1 aromatic rings. The number of Topliss-reactive ketones (excluding diaryl/α,β-unsaturated/α-hetero) is 1. The molecule has 8 nitrogen and oxygen atoms in total. The van der Waals surface area contributed by atoms with E-state index in [1.54, 1.807) is 44.2 Å². The molecule has 1 aromatic carbocycles. The van der Waals surface area contributed by atoms with E-state index >= 15 is 0 Å². The van der Waals surface area contributed by atoms with E-state index in [0.717, 1.165) is 37.7 Å². The molecule has 34 heavy (non-hydrogen) atoms. The first-order valence-electron chi connectivity index (χ1n) is 11.3. The fourth-order valence-electron chi connectivity index (χ4n) is 3.26. The summed E-state index contributed by atoms with van der Waals surface area (Å²) in [4.78, 5) is 51.3. The zero-order valence-electron chi connectivity index (χ0n) is 19.7. The Balaban J connectivity index is 1.79. The summed E-state index contributed by atoms with van der Waals surface area (Å²) in [6, 6.07) is 8.32. The van der Waals surface area contributed by atoms with Crippen LogP contribution in [-0.2, 0) is 23.8 Å². The number of likely N-dealkylation sites (tertiary alicyclic amines) is 1. The Morgan fingerprint density at radius 1 is 1.03 bits per heavy atom. The van der Waals surface area contributed by atoms with Gasteiger partial charge in [-0.1, -0.05) is 24.6 Å². The minimum atomic E-state index is -0.914. The number of hydrogen-bond donors (Lipinski definition) is 1. The van der Waals surface area contributed by atoms with Crippen LogP contribution in [0.15, 0.2) is 30.3 Å². The number of benzene rings is 1. The third-order valence-corrected chi connectivity index (χ3v) is 6.50. The zero-order chi connectivity index (χ0) is 25.0. The van der Waals surface area contributed by atoms with Gasteiger partial charge in [-0.2, -0.15) is 12.6 Å². The van der Waals surface area contributed by atoms with Gasteiger partial charge in [0.2, 0.25) is 6.79 Å². The van der Waals surface area contributed by atoms with Crippen molar-refractivity contribution in [1.29, 1.82) is 0 Å². The second kappa shape index (κ2) is 14.4. The number of nitrogens with zero attached hydrogens (tertiary/aromatic N) is 1. The fourth-order valence-corrected chi connectivity index (χ4v) is 4.07. The maximum Gasteiger partial charge on any atom is 0.370 e. The maximum absolute atomic E-state index is 12.7. The van der Waals surface area contributed by atoms with Gasteiger partial charge in [-0.05, 0) is 63.7 Å². The number of thiol groups is 1. The minimum absolute atomic E-state index is 0.00358. The van der Waals surface area contributed by atoms with Gasteiger partial charge < -0.3 is 14.2 Å². The smallest absolute Gasteiger partial charge is 0.370 e. The summed E-state index contributed by atoms with van der Waals surface area (Å²) in [5.41, 5.74) is 0.339. The van der Waals surface area contributed by atoms with Crippen LogP contribution in [0.5, 0.6) is 0 Å². The Bertz CT molecular complexity index is 820. The van der Waals surface area contributed by atoms with Crippen LogP contribution in [0.2, 0.25) is 0 Å². The second-order valence-electron chi connectivity index (χ2n) is 8.57. The molecule has 0 saturated carbocycles. The summed E-state index contributed by atoms with van der Waals surface area (Å²) in [6.45, 7) is 5.62. The second-order valence-corrected chi connectivity index (χ2v) is 10.6. The molecule has 1 aliphatic heterocycles. The van der Waals surface area contributed by atoms with Crippen LogP contribution < -0.4 is 0 Å². The minimum Gasteiger partial charge on any atom is -0.464 e. The van der Waals surface area contributed by atoms with Crippen LogP contribution in [0, 0.1) is 5.92 Å². The van der Waals surface area contributed by atoms with Gasteiger partial charge in [0.25, 0.3) is 0 Å². The van der Waals surface area contributed by atoms with Crippen molar-refractivity contribution in [2.45, 2.75) is 44.3 Å². The molecule has 0 unspecified atom stereocenters. The van der Waals surface area contributed by atoms with E-state index in [4.69, 9.17) is 14.2 Å². The highest BCUT2D eigenvalue weighted by molar-refractivity contribution is 8.13. The third kappa shape index (κ3) is 10.5. The van der Waals surface area contributed by atoms with E-state index in [9.17, 15) is 19.2 Å². The van der Waals surface area contributed by atoms with Crippen molar-refractivity contribution in [2.24, 2.45) is 5.92 Å². The Morgan fingerprint density at radius 2 is 1.71 bits per heavy atom. The van der Waals surface area contributed by atoms with E-state index in [1.807, 2.05) is 0 Å². The van der Waals surface area contributed by atoms with Gasteiger partial charge in [0, 0.05) is 18.7 Å². The van der Waals surface area contributed by atoms with Crippen LogP contribution >= 0.6 is 24.4 Å². The molecule has 1 heterocycles. The third-order valence-electron chi connectivity index (χ3n) is 5.33. The van der Waals surface area contributed by atoms with Crippen molar-refractivity contribution in [2.75, 3.05) is 38.8 Å². The molecule has 0 spiro atoms. The van der Waals surface area contributed by atoms with Gasteiger partial charge in [-0.15, -0.1) is 0 Å². The molecule has 1 aliphatic rings. The topological polar surface area (TPSA) is 99.2 Å². The molecule has 0 aromatic heterocycles. The Morgan fingerprint density at radius 3 is 2.35 bits per heavy atom. The normalized spacial score (nSPS) is 15.3. The number of thioether (sulfide) groups is 1. The first-order chi connectivity index (χ1) is 16.2. The van der Waals surface area contributed by atoms with Gasteiger partial charge >= 0.3 is 17.2 Å². The van der Waals surface area contributed by atoms with E-state index in [-0.39, 0.29) is 24.6 Å². The van der Waals surface area contributed by atoms with E-state index in [0.29, 0.717) is 12.1 Å². The first-order valence-corrected chi connectivity index (χ1v) is 12.8. The molecule has 188 valence electrons. The van der Waals surface area contributed by atoms with Crippen LogP contribution in [0.25, 0.3) is 0 Å². The quantitative estimate of drug-likeness (QED) is 0.254. The van der Waals surface area contributed by atoms with Crippen LogP contribution in [-0.4, -0.2) is 71.5 Å². The van der Waals surface area contributed by atoms with Crippen LogP contribution in [0.1, 0.15) is 49.9 Å². The summed E-state index contributed by atoms with van der Waals surface area (Å²) >= 11 is 5.01. The molecule has 1 atom stereocenters. The Hall–Kier alpha value is -2.04. The highest BCUT2D eigenvalue weighted by Gasteiger charge is 2.31. The van der Waals surface area contributed by atoms with Gasteiger partial charge in [0.05, 0.1) is 16.2 Å².